The summed E-state index contributed by atoms with van der Waals surface area (Å²) in [7, 11) is 0. The number of aromatic nitrogens is 1. The van der Waals surface area contributed by atoms with Crippen molar-refractivity contribution in [3.63, 3.8) is 0 Å². The van der Waals surface area contributed by atoms with Crippen molar-refractivity contribution in [3.05, 3.63) is 74.9 Å². The lowest BCUT2D eigenvalue weighted by Crippen LogP contribution is -2.39. The van der Waals surface area contributed by atoms with Crippen molar-refractivity contribution in [2.24, 2.45) is 5.92 Å². The molecule has 0 bridgehead atoms. The summed E-state index contributed by atoms with van der Waals surface area (Å²) in [5, 5.41) is 2.33. The van der Waals surface area contributed by atoms with Crippen LogP contribution < -0.4 is 10.9 Å². The van der Waals surface area contributed by atoms with Gasteiger partial charge >= 0.3 is 6.03 Å². The van der Waals surface area contributed by atoms with E-state index in [-0.39, 0.29) is 21.7 Å². The predicted octanol–water partition coefficient (Wildman–Crippen LogP) is 5.85. The van der Waals surface area contributed by atoms with Crippen LogP contribution in [0.4, 0.5) is 23.7 Å². The summed E-state index contributed by atoms with van der Waals surface area (Å²) in [6.45, 7) is 5.81. The van der Waals surface area contributed by atoms with E-state index in [2.05, 4.69) is 10.3 Å². The summed E-state index contributed by atoms with van der Waals surface area (Å²) in [6.07, 6.45) is 1.35. The highest BCUT2D eigenvalue weighted by molar-refractivity contribution is 6.31. The molecule has 3 rings (SSSR count). The van der Waals surface area contributed by atoms with Crippen molar-refractivity contribution < 1.29 is 18.0 Å². The second-order valence-electron chi connectivity index (χ2n) is 7.66. The number of halogens is 4. The third kappa shape index (κ3) is 4.85. The molecule has 5 nitrogen and oxygen atoms in total. The topological polar surface area (TPSA) is 65.2 Å². The molecule has 0 aliphatic heterocycles. The van der Waals surface area contributed by atoms with Crippen molar-refractivity contribution in [2.45, 2.75) is 26.8 Å². The van der Waals surface area contributed by atoms with Crippen LogP contribution in [0.3, 0.4) is 0 Å². The molecule has 1 atom stereocenters. The summed E-state index contributed by atoms with van der Waals surface area (Å²) in [5.74, 6) is -2.36. The van der Waals surface area contributed by atoms with Crippen LogP contribution in [-0.2, 0) is 0 Å². The highest BCUT2D eigenvalue weighted by Gasteiger charge is 2.25. The average molecular weight is 452 g/mol. The molecule has 0 fully saturated rings. The van der Waals surface area contributed by atoms with Gasteiger partial charge in [-0.15, -0.1) is 0 Å². The maximum absolute atomic E-state index is 14.3. The minimum absolute atomic E-state index is 0.0625. The molecule has 0 saturated heterocycles. The summed E-state index contributed by atoms with van der Waals surface area (Å²) >= 11 is 5.78. The van der Waals surface area contributed by atoms with E-state index in [0.717, 1.165) is 12.1 Å². The fourth-order valence-corrected chi connectivity index (χ4v) is 3.60. The van der Waals surface area contributed by atoms with Crippen LogP contribution in [0, 0.1) is 23.4 Å². The second-order valence-corrected chi connectivity index (χ2v) is 8.07. The lowest BCUT2D eigenvalue weighted by Gasteiger charge is -2.31. The molecule has 0 unspecified atom stereocenters. The maximum Gasteiger partial charge on any atom is 0.322 e. The van der Waals surface area contributed by atoms with Crippen molar-refractivity contribution in [3.8, 4) is 0 Å². The first-order valence-electron chi connectivity index (χ1n) is 9.61. The number of benzene rings is 2. The molecule has 0 spiro atoms. The van der Waals surface area contributed by atoms with Gasteiger partial charge in [0.15, 0.2) is 0 Å². The van der Waals surface area contributed by atoms with E-state index in [1.165, 1.54) is 23.2 Å². The van der Waals surface area contributed by atoms with Crippen molar-refractivity contribution >= 4 is 34.1 Å². The number of pyridine rings is 1. The van der Waals surface area contributed by atoms with Crippen molar-refractivity contribution in [2.75, 3.05) is 11.9 Å². The number of nitrogens with zero attached hydrogens (tertiary/aromatic N) is 1. The maximum atomic E-state index is 14.3. The van der Waals surface area contributed by atoms with Gasteiger partial charge in [0.05, 0.1) is 16.5 Å². The predicted molar refractivity (Wildman–Crippen MR) is 115 cm³/mol. The van der Waals surface area contributed by atoms with Gasteiger partial charge < -0.3 is 15.2 Å². The minimum Gasteiger partial charge on any atom is -0.328 e. The Hall–Kier alpha value is -3.00. The number of rotatable bonds is 5. The molecule has 9 heteroatoms. The number of hydrogen-bond donors (Lipinski definition) is 2. The first-order chi connectivity index (χ1) is 14.6. The third-order valence-electron chi connectivity index (χ3n) is 4.86. The zero-order valence-corrected chi connectivity index (χ0v) is 17.9. The Morgan fingerprint density at radius 2 is 1.84 bits per heavy atom. The minimum atomic E-state index is -0.980. The molecule has 2 aromatic carbocycles. The molecule has 2 amide bonds. The number of fused-ring (bicyclic) bond motifs is 1. The molecule has 31 heavy (non-hydrogen) atoms. The SMILES string of the molecule is CC(C)CN(C(=O)Nc1ccc(F)c(Cl)c1)[C@@H](C)c1c[nH]c(=O)c2c(F)cc(F)cc12. The summed E-state index contributed by atoms with van der Waals surface area (Å²) in [6, 6.07) is 4.34. The van der Waals surface area contributed by atoms with Gasteiger partial charge in [-0.3, -0.25) is 4.79 Å². The highest BCUT2D eigenvalue weighted by atomic mass is 35.5. The molecule has 0 saturated carbocycles. The Kier molecular flexibility index (Phi) is 6.59. The number of anilines is 1. The molecule has 0 aliphatic carbocycles. The molecule has 1 aromatic heterocycles. The van der Waals surface area contributed by atoms with E-state index < -0.39 is 35.1 Å². The van der Waals surface area contributed by atoms with Crippen LogP contribution in [-0.4, -0.2) is 22.5 Å². The first-order valence-corrected chi connectivity index (χ1v) is 9.99. The molecule has 3 aromatic rings. The molecular formula is C22H21ClF3N3O2. The number of urea groups is 1. The third-order valence-corrected chi connectivity index (χ3v) is 5.15. The van der Waals surface area contributed by atoms with E-state index in [1.807, 2.05) is 13.8 Å². The average Bonchev–Trinajstić information content (AvgIpc) is 2.68. The van der Waals surface area contributed by atoms with E-state index in [9.17, 15) is 22.8 Å². The largest absolute Gasteiger partial charge is 0.328 e. The van der Waals surface area contributed by atoms with E-state index in [0.29, 0.717) is 23.9 Å². The van der Waals surface area contributed by atoms with Crippen molar-refractivity contribution in [1.29, 1.82) is 0 Å². The Bertz CT molecular complexity index is 1200. The quantitative estimate of drug-likeness (QED) is 0.511. The Balaban J connectivity index is 2.03. The van der Waals surface area contributed by atoms with Gasteiger partial charge in [0.1, 0.15) is 17.5 Å². The molecule has 164 valence electrons. The van der Waals surface area contributed by atoms with Crippen LogP contribution in [0.25, 0.3) is 10.8 Å². The number of amides is 2. The van der Waals surface area contributed by atoms with Crippen LogP contribution >= 0.6 is 11.6 Å². The summed E-state index contributed by atoms with van der Waals surface area (Å²) < 4.78 is 41.6. The van der Waals surface area contributed by atoms with Crippen LogP contribution in [0.2, 0.25) is 5.02 Å². The number of carbonyl (C=O) groups excluding carboxylic acids is 1. The molecule has 1 heterocycles. The molecule has 0 aliphatic rings. The zero-order chi connectivity index (χ0) is 22.9. The molecule has 2 N–H and O–H groups in total. The lowest BCUT2D eigenvalue weighted by atomic mass is 10.00. The number of H-pyrrole nitrogens is 1. The Morgan fingerprint density at radius 1 is 1.13 bits per heavy atom. The van der Waals surface area contributed by atoms with Crippen LogP contribution in [0.5, 0.6) is 0 Å². The van der Waals surface area contributed by atoms with Crippen molar-refractivity contribution in [1.82, 2.24) is 9.88 Å². The highest BCUT2D eigenvalue weighted by Crippen LogP contribution is 2.29. The lowest BCUT2D eigenvalue weighted by molar-refractivity contribution is 0.184. The summed E-state index contributed by atoms with van der Waals surface area (Å²) in [4.78, 5) is 29.1. The number of nitrogens with one attached hydrogen (secondary N) is 2. The Morgan fingerprint density at radius 3 is 2.48 bits per heavy atom. The van der Waals surface area contributed by atoms with Gasteiger partial charge in [0, 0.05) is 24.5 Å². The Labute approximate surface area is 181 Å². The molecular weight excluding hydrogens is 431 g/mol. The van der Waals surface area contributed by atoms with Gasteiger partial charge in [-0.2, -0.15) is 0 Å². The van der Waals surface area contributed by atoms with E-state index in [1.54, 1.807) is 6.92 Å². The number of aromatic amines is 1. The smallest absolute Gasteiger partial charge is 0.322 e. The van der Waals surface area contributed by atoms with Gasteiger partial charge in [0.2, 0.25) is 0 Å². The number of hydrogen-bond acceptors (Lipinski definition) is 2. The fraction of sp³-hybridized carbons (Fsp3) is 0.273. The zero-order valence-electron chi connectivity index (χ0n) is 17.1. The first kappa shape index (κ1) is 22.7. The van der Waals surface area contributed by atoms with Crippen LogP contribution in [0.1, 0.15) is 32.4 Å². The monoisotopic (exact) mass is 451 g/mol. The van der Waals surface area contributed by atoms with Gasteiger partial charge in [-0.25, -0.2) is 18.0 Å². The number of carbonyl (C=O) groups is 1. The normalized spacial score (nSPS) is 12.3. The van der Waals surface area contributed by atoms with Gasteiger partial charge in [-0.05, 0) is 48.1 Å². The summed E-state index contributed by atoms with van der Waals surface area (Å²) in [5.41, 5.74) is -0.0222. The molecule has 0 radical (unpaired) electrons. The second kappa shape index (κ2) is 9.01. The standard InChI is InChI=1S/C22H21ClF3N3O2/c1-11(2)10-29(22(31)28-14-4-5-18(25)17(23)8-14)12(3)16-9-27-21(30)20-15(16)6-13(24)7-19(20)26/h4-9,11-12H,10H2,1-3H3,(H,27,30)(H,28,31)/t12-/m0/s1. The van der Waals surface area contributed by atoms with E-state index >= 15 is 0 Å². The van der Waals surface area contributed by atoms with Gasteiger partial charge in [0.25, 0.3) is 5.56 Å². The fourth-order valence-electron chi connectivity index (χ4n) is 3.42. The van der Waals surface area contributed by atoms with Gasteiger partial charge in [-0.1, -0.05) is 25.4 Å². The van der Waals surface area contributed by atoms with E-state index in [4.69, 9.17) is 11.6 Å². The van der Waals surface area contributed by atoms with Crippen LogP contribution in [0.15, 0.2) is 41.3 Å².